The molecule has 0 aliphatic carbocycles. The fraction of sp³-hybridized carbons (Fsp3) is 0.130. The Kier molecular flexibility index (Phi) is 6.76. The first kappa shape index (κ1) is 21.5. The molecule has 1 aromatic heterocycles. The second-order valence-corrected chi connectivity index (χ2v) is 7.75. The molecule has 1 unspecified atom stereocenters. The number of nitrogens with one attached hydrogen (secondary N) is 1. The van der Waals surface area contributed by atoms with Gasteiger partial charge in [-0.3, -0.25) is 4.79 Å². The third-order valence-corrected chi connectivity index (χ3v) is 5.70. The van der Waals surface area contributed by atoms with Crippen molar-refractivity contribution in [1.29, 1.82) is 0 Å². The van der Waals surface area contributed by atoms with Gasteiger partial charge in [0, 0.05) is 5.69 Å². The lowest BCUT2D eigenvalue weighted by atomic mass is 10.1. The molecule has 0 aliphatic heterocycles. The molecular formula is C23H20FN5O2S. The third kappa shape index (κ3) is 4.94. The minimum atomic E-state index is -0.648. The molecule has 3 aromatic carbocycles. The zero-order valence-electron chi connectivity index (χ0n) is 17.2. The van der Waals surface area contributed by atoms with E-state index in [1.165, 1.54) is 36.0 Å². The molecule has 7 nitrogen and oxygen atoms in total. The molecule has 1 atom stereocenters. The van der Waals surface area contributed by atoms with Crippen LogP contribution in [0, 0.1) is 5.82 Å². The zero-order chi connectivity index (χ0) is 22.3. The number of carbonyl (C=O) groups excluding carboxylic acids is 1. The van der Waals surface area contributed by atoms with Crippen molar-refractivity contribution in [1.82, 2.24) is 20.2 Å². The molecule has 1 heterocycles. The molecule has 0 spiro atoms. The van der Waals surface area contributed by atoms with E-state index in [4.69, 9.17) is 4.74 Å². The molecule has 1 N–H and O–H groups in total. The van der Waals surface area contributed by atoms with Crippen LogP contribution >= 0.6 is 11.8 Å². The molecule has 0 saturated carbocycles. The number of tetrazole rings is 1. The van der Waals surface area contributed by atoms with Gasteiger partial charge in [-0.05, 0) is 59.3 Å². The number of nitrogens with zero attached hydrogens (tertiary/aromatic N) is 4. The van der Waals surface area contributed by atoms with Crippen LogP contribution < -0.4 is 10.1 Å². The number of rotatable bonds is 8. The summed E-state index contributed by atoms with van der Waals surface area (Å²) in [5.41, 5.74) is 1.96. The SMILES string of the molecule is CCOc1ccccc1-n1nnnc1SC(C(=O)Nc1ccc(F)cc1)c1ccccc1. The van der Waals surface area contributed by atoms with E-state index in [1.54, 1.807) is 4.68 Å². The monoisotopic (exact) mass is 449 g/mol. The number of carbonyl (C=O) groups is 1. The quantitative estimate of drug-likeness (QED) is 0.394. The maximum absolute atomic E-state index is 13.2. The maximum Gasteiger partial charge on any atom is 0.242 e. The molecule has 9 heteroatoms. The number of para-hydroxylation sites is 2. The summed E-state index contributed by atoms with van der Waals surface area (Å²) in [6.45, 7) is 2.39. The molecule has 4 rings (SSSR count). The maximum atomic E-state index is 13.2. The molecule has 0 saturated heterocycles. The van der Waals surface area contributed by atoms with Gasteiger partial charge in [0.15, 0.2) is 0 Å². The largest absolute Gasteiger partial charge is 0.492 e. The number of anilines is 1. The molecular weight excluding hydrogens is 429 g/mol. The summed E-state index contributed by atoms with van der Waals surface area (Å²) in [6, 6.07) is 22.4. The summed E-state index contributed by atoms with van der Waals surface area (Å²) in [6.07, 6.45) is 0. The number of benzene rings is 3. The summed E-state index contributed by atoms with van der Waals surface area (Å²) >= 11 is 1.21. The summed E-state index contributed by atoms with van der Waals surface area (Å²) in [5.74, 6) is -0.0132. The molecule has 162 valence electrons. The van der Waals surface area contributed by atoms with Gasteiger partial charge in [-0.1, -0.05) is 54.2 Å². The van der Waals surface area contributed by atoms with Gasteiger partial charge in [0.25, 0.3) is 0 Å². The highest BCUT2D eigenvalue weighted by Gasteiger charge is 2.26. The highest BCUT2D eigenvalue weighted by Crippen LogP contribution is 2.36. The lowest BCUT2D eigenvalue weighted by Crippen LogP contribution is -2.19. The van der Waals surface area contributed by atoms with Crippen LogP contribution in [-0.4, -0.2) is 32.7 Å². The predicted molar refractivity (Wildman–Crippen MR) is 120 cm³/mol. The topological polar surface area (TPSA) is 81.9 Å². The van der Waals surface area contributed by atoms with Crippen LogP contribution in [0.15, 0.2) is 84.0 Å². The first-order chi connectivity index (χ1) is 15.7. The van der Waals surface area contributed by atoms with E-state index < -0.39 is 5.25 Å². The number of aromatic nitrogens is 4. The standard InChI is InChI=1S/C23H20FN5O2S/c1-2-31-20-11-7-6-10-19(20)29-23(26-27-28-29)32-21(16-8-4-3-5-9-16)22(30)25-18-14-12-17(24)13-15-18/h3-15,21H,2H2,1H3,(H,25,30). The van der Waals surface area contributed by atoms with Crippen molar-refractivity contribution in [2.75, 3.05) is 11.9 Å². The van der Waals surface area contributed by atoms with Crippen molar-refractivity contribution in [3.05, 3.63) is 90.2 Å². The van der Waals surface area contributed by atoms with Crippen LogP contribution in [0.1, 0.15) is 17.7 Å². The second-order valence-electron chi connectivity index (χ2n) is 6.68. The van der Waals surface area contributed by atoms with Gasteiger partial charge in [0.2, 0.25) is 11.1 Å². The lowest BCUT2D eigenvalue weighted by Gasteiger charge is -2.17. The zero-order valence-corrected chi connectivity index (χ0v) is 18.0. The van der Waals surface area contributed by atoms with Gasteiger partial charge in [-0.25, -0.2) is 4.39 Å². The minimum Gasteiger partial charge on any atom is -0.492 e. The van der Waals surface area contributed by atoms with Crippen molar-refractivity contribution in [3.63, 3.8) is 0 Å². The van der Waals surface area contributed by atoms with E-state index in [0.29, 0.717) is 28.9 Å². The lowest BCUT2D eigenvalue weighted by molar-refractivity contribution is -0.115. The molecule has 4 aromatic rings. The van der Waals surface area contributed by atoms with Gasteiger partial charge in [-0.15, -0.1) is 5.10 Å². The van der Waals surface area contributed by atoms with E-state index in [-0.39, 0.29) is 11.7 Å². The number of ether oxygens (including phenoxy) is 1. The first-order valence-corrected chi connectivity index (χ1v) is 10.8. The molecule has 1 amide bonds. The Morgan fingerprint density at radius 3 is 2.53 bits per heavy atom. The number of amides is 1. The molecule has 0 bridgehead atoms. The van der Waals surface area contributed by atoms with Crippen LogP contribution in [0.2, 0.25) is 0 Å². The van der Waals surface area contributed by atoms with Crippen molar-refractivity contribution < 1.29 is 13.9 Å². The summed E-state index contributed by atoms with van der Waals surface area (Å²) in [4.78, 5) is 13.2. The Bertz CT molecular complexity index is 1180. The van der Waals surface area contributed by atoms with E-state index in [1.807, 2.05) is 61.5 Å². The Labute approximate surface area is 188 Å². The summed E-state index contributed by atoms with van der Waals surface area (Å²) < 4.78 is 20.5. The van der Waals surface area contributed by atoms with E-state index in [9.17, 15) is 9.18 Å². The van der Waals surface area contributed by atoms with Crippen molar-refractivity contribution in [2.24, 2.45) is 0 Å². The van der Waals surface area contributed by atoms with Gasteiger partial charge in [0.1, 0.15) is 22.5 Å². The molecule has 0 radical (unpaired) electrons. The Morgan fingerprint density at radius 2 is 1.78 bits per heavy atom. The predicted octanol–water partition coefficient (Wildman–Crippen LogP) is 4.67. The normalized spacial score (nSPS) is 11.7. The van der Waals surface area contributed by atoms with Crippen LogP contribution in [0.3, 0.4) is 0 Å². The van der Waals surface area contributed by atoms with E-state index >= 15 is 0 Å². The van der Waals surface area contributed by atoms with Crippen LogP contribution in [0.25, 0.3) is 5.69 Å². The van der Waals surface area contributed by atoms with Crippen LogP contribution in [0.4, 0.5) is 10.1 Å². The van der Waals surface area contributed by atoms with E-state index in [0.717, 1.165) is 5.56 Å². The Balaban J connectivity index is 1.65. The van der Waals surface area contributed by atoms with Gasteiger partial charge < -0.3 is 10.1 Å². The Hall–Kier alpha value is -3.72. The molecule has 0 fully saturated rings. The fourth-order valence-corrected chi connectivity index (χ4v) is 4.05. The summed E-state index contributed by atoms with van der Waals surface area (Å²) in [7, 11) is 0. The van der Waals surface area contributed by atoms with Gasteiger partial charge >= 0.3 is 0 Å². The minimum absolute atomic E-state index is 0.277. The van der Waals surface area contributed by atoms with Crippen LogP contribution in [-0.2, 0) is 4.79 Å². The smallest absolute Gasteiger partial charge is 0.242 e. The van der Waals surface area contributed by atoms with Gasteiger partial charge in [0.05, 0.1) is 6.61 Å². The second kappa shape index (κ2) is 10.1. The number of hydrogen-bond acceptors (Lipinski definition) is 6. The third-order valence-electron chi connectivity index (χ3n) is 4.51. The summed E-state index contributed by atoms with van der Waals surface area (Å²) in [5, 5.41) is 14.7. The fourth-order valence-electron chi connectivity index (χ4n) is 3.06. The van der Waals surface area contributed by atoms with Crippen LogP contribution in [0.5, 0.6) is 5.75 Å². The first-order valence-electron chi connectivity index (χ1n) is 9.94. The number of thioether (sulfide) groups is 1. The average molecular weight is 450 g/mol. The van der Waals surface area contributed by atoms with E-state index in [2.05, 4.69) is 20.8 Å². The van der Waals surface area contributed by atoms with Crippen molar-refractivity contribution in [2.45, 2.75) is 17.3 Å². The highest BCUT2D eigenvalue weighted by atomic mass is 32.2. The highest BCUT2D eigenvalue weighted by molar-refractivity contribution is 8.00. The Morgan fingerprint density at radius 1 is 1.06 bits per heavy atom. The van der Waals surface area contributed by atoms with Crippen molar-refractivity contribution in [3.8, 4) is 11.4 Å². The number of hydrogen-bond donors (Lipinski definition) is 1. The molecule has 0 aliphatic rings. The van der Waals surface area contributed by atoms with Gasteiger partial charge in [-0.2, -0.15) is 4.68 Å². The van der Waals surface area contributed by atoms with Crippen molar-refractivity contribution >= 4 is 23.4 Å². The average Bonchev–Trinajstić information content (AvgIpc) is 3.28. The number of halogens is 1. The molecule has 32 heavy (non-hydrogen) atoms.